The number of aliphatic hydroxyl groups is 7. The molecule has 0 unspecified atom stereocenters. The number of nitrogens with one attached hydrogen (secondary N) is 1. The molecule has 1 amide bonds. The van der Waals surface area contributed by atoms with Crippen LogP contribution >= 0.6 is 0 Å². The first kappa shape index (κ1) is 33.2. The minimum atomic E-state index is -1.40. The van der Waals surface area contributed by atoms with E-state index in [1.165, 1.54) is 0 Å². The minimum absolute atomic E-state index is 0.0323. The molecule has 0 aliphatic carbocycles. The van der Waals surface area contributed by atoms with Gasteiger partial charge in [0, 0.05) is 19.5 Å². The summed E-state index contributed by atoms with van der Waals surface area (Å²) in [7, 11) is 0. The van der Waals surface area contributed by atoms with Crippen molar-refractivity contribution < 1.29 is 54.8 Å². The molecule has 0 radical (unpaired) electrons. The van der Waals surface area contributed by atoms with Gasteiger partial charge in [0.25, 0.3) is 0 Å². The summed E-state index contributed by atoms with van der Waals surface area (Å²) in [6.45, 7) is 5.57. The lowest BCUT2D eigenvalue weighted by molar-refractivity contribution is -0.293. The van der Waals surface area contributed by atoms with Crippen molar-refractivity contribution in [2.75, 3.05) is 39.4 Å². The third-order valence-corrected chi connectivity index (χ3v) is 7.20. The number of carbonyl (C=O) groups excluding carboxylic acids is 1. The Bertz CT molecular complexity index is 673. The van der Waals surface area contributed by atoms with Gasteiger partial charge >= 0.3 is 0 Å². The molecule has 0 spiro atoms. The highest BCUT2D eigenvalue weighted by Gasteiger charge is 2.43. The standard InChI is InChI=1S/C25H48N2O11/c1-3-26-18(29)9-5-4-6-10-27(12-13-36-25-24(35)22(33)19(30)15(2)37-25)11-7-8-16-20(31)23(34)21(32)17(14-28)38-16/h15-17,19-25,28,30-35H,3-14H2,1-2H3,(H,26,29)/t15-,16+,17+,19+,20+,21+,22+,23+,24-,25+/m0/s1. The van der Waals surface area contributed by atoms with Gasteiger partial charge in [-0.05, 0) is 52.6 Å². The first-order valence-corrected chi connectivity index (χ1v) is 13.7. The summed E-state index contributed by atoms with van der Waals surface area (Å²) in [6.07, 6.45) is -7.56. The van der Waals surface area contributed by atoms with E-state index < -0.39 is 67.8 Å². The van der Waals surface area contributed by atoms with Crippen molar-refractivity contribution >= 4 is 5.91 Å². The number of nitrogens with zero attached hydrogens (tertiary/aromatic N) is 1. The zero-order valence-corrected chi connectivity index (χ0v) is 22.5. The smallest absolute Gasteiger partial charge is 0.219 e. The zero-order valence-electron chi connectivity index (χ0n) is 22.5. The Morgan fingerprint density at radius 3 is 2.16 bits per heavy atom. The van der Waals surface area contributed by atoms with Crippen LogP contribution < -0.4 is 5.32 Å². The quantitative estimate of drug-likeness (QED) is 0.0933. The highest BCUT2D eigenvalue weighted by molar-refractivity contribution is 5.75. The van der Waals surface area contributed by atoms with Crippen LogP contribution in [0.3, 0.4) is 0 Å². The van der Waals surface area contributed by atoms with E-state index in [1.807, 2.05) is 6.92 Å². The summed E-state index contributed by atoms with van der Waals surface area (Å²) in [4.78, 5) is 13.8. The van der Waals surface area contributed by atoms with E-state index in [1.54, 1.807) is 6.92 Å². The minimum Gasteiger partial charge on any atom is -0.394 e. The highest BCUT2D eigenvalue weighted by Crippen LogP contribution is 2.24. The summed E-state index contributed by atoms with van der Waals surface area (Å²) in [5, 5.41) is 72.4. The maximum Gasteiger partial charge on any atom is 0.219 e. The molecule has 2 heterocycles. The van der Waals surface area contributed by atoms with E-state index in [0.29, 0.717) is 45.4 Å². The van der Waals surface area contributed by atoms with Gasteiger partial charge in [-0.2, -0.15) is 0 Å². The van der Waals surface area contributed by atoms with E-state index in [0.717, 1.165) is 19.3 Å². The Hall–Kier alpha value is -0.970. The van der Waals surface area contributed by atoms with Gasteiger partial charge in [-0.15, -0.1) is 0 Å². The van der Waals surface area contributed by atoms with Crippen LogP contribution in [0.5, 0.6) is 0 Å². The van der Waals surface area contributed by atoms with Crippen LogP contribution in [-0.4, -0.2) is 147 Å². The van der Waals surface area contributed by atoms with E-state index in [-0.39, 0.29) is 12.5 Å². The number of hydrogen-bond acceptors (Lipinski definition) is 12. The van der Waals surface area contributed by atoms with Gasteiger partial charge in [0.15, 0.2) is 6.29 Å². The topological polar surface area (TPSA) is 202 Å². The molecule has 38 heavy (non-hydrogen) atoms. The SMILES string of the molecule is CCNC(=O)CCCCCN(CCC[C@H]1O[C@H](CO)[C@@H](O)[C@H](O)[C@@H]1O)CCO[C@@H]1O[C@@H](C)[C@@H](O)[C@@H](O)[C@@H]1O. The van der Waals surface area contributed by atoms with Crippen molar-refractivity contribution in [2.45, 2.75) is 114 Å². The van der Waals surface area contributed by atoms with E-state index in [2.05, 4.69) is 10.2 Å². The van der Waals surface area contributed by atoms with Gasteiger partial charge in [-0.3, -0.25) is 4.79 Å². The molecular formula is C25H48N2O11. The van der Waals surface area contributed by atoms with Crippen molar-refractivity contribution in [3.05, 3.63) is 0 Å². The fourth-order valence-electron chi connectivity index (χ4n) is 4.80. The molecule has 0 bridgehead atoms. The van der Waals surface area contributed by atoms with Gasteiger partial charge in [-0.25, -0.2) is 0 Å². The van der Waals surface area contributed by atoms with Crippen molar-refractivity contribution in [1.29, 1.82) is 0 Å². The highest BCUT2D eigenvalue weighted by atomic mass is 16.7. The number of aliphatic hydroxyl groups excluding tert-OH is 7. The van der Waals surface area contributed by atoms with Crippen molar-refractivity contribution in [2.24, 2.45) is 0 Å². The average Bonchev–Trinajstić information content (AvgIpc) is 2.89. The van der Waals surface area contributed by atoms with Crippen molar-refractivity contribution in [3.63, 3.8) is 0 Å². The Morgan fingerprint density at radius 1 is 0.816 bits per heavy atom. The summed E-state index contributed by atoms with van der Waals surface area (Å²) in [5.74, 6) is 0.0323. The van der Waals surface area contributed by atoms with E-state index >= 15 is 0 Å². The molecule has 2 saturated heterocycles. The van der Waals surface area contributed by atoms with Crippen LogP contribution in [0.2, 0.25) is 0 Å². The molecule has 2 aliphatic heterocycles. The van der Waals surface area contributed by atoms with E-state index in [4.69, 9.17) is 14.2 Å². The number of amides is 1. The lowest BCUT2D eigenvalue weighted by atomic mass is 9.93. The molecule has 0 saturated carbocycles. The van der Waals surface area contributed by atoms with Crippen LogP contribution in [-0.2, 0) is 19.0 Å². The summed E-state index contributed by atoms with van der Waals surface area (Å²) < 4.78 is 16.7. The normalized spacial score (nSPS) is 35.9. The lowest BCUT2D eigenvalue weighted by Crippen LogP contribution is -2.58. The number of carbonyl (C=O) groups is 1. The first-order valence-electron chi connectivity index (χ1n) is 13.7. The van der Waals surface area contributed by atoms with Crippen LogP contribution in [0.1, 0.15) is 52.4 Å². The predicted molar refractivity (Wildman–Crippen MR) is 135 cm³/mol. The van der Waals surface area contributed by atoms with Crippen LogP contribution in [0.4, 0.5) is 0 Å². The number of ether oxygens (including phenoxy) is 3. The van der Waals surface area contributed by atoms with Gasteiger partial charge in [0.05, 0.1) is 25.4 Å². The van der Waals surface area contributed by atoms with Crippen LogP contribution in [0.15, 0.2) is 0 Å². The molecule has 2 fully saturated rings. The van der Waals surface area contributed by atoms with Gasteiger partial charge in [-0.1, -0.05) is 6.42 Å². The Morgan fingerprint density at radius 2 is 1.47 bits per heavy atom. The molecule has 2 rings (SSSR count). The molecule has 2 aliphatic rings. The second-order valence-electron chi connectivity index (χ2n) is 10.2. The first-order chi connectivity index (χ1) is 18.1. The average molecular weight is 553 g/mol. The zero-order chi connectivity index (χ0) is 28.2. The maximum atomic E-state index is 11.6. The molecule has 224 valence electrons. The Labute approximate surface area is 224 Å². The molecular weight excluding hydrogens is 504 g/mol. The molecule has 0 aromatic rings. The van der Waals surface area contributed by atoms with Crippen molar-refractivity contribution in [1.82, 2.24) is 10.2 Å². The molecule has 13 nitrogen and oxygen atoms in total. The van der Waals surface area contributed by atoms with Crippen LogP contribution in [0, 0.1) is 0 Å². The fourth-order valence-corrected chi connectivity index (χ4v) is 4.80. The Kier molecular flexibility index (Phi) is 14.9. The summed E-state index contributed by atoms with van der Waals surface area (Å²) >= 11 is 0. The second kappa shape index (κ2) is 17.0. The largest absolute Gasteiger partial charge is 0.394 e. The summed E-state index contributed by atoms with van der Waals surface area (Å²) in [5.41, 5.74) is 0. The fraction of sp³-hybridized carbons (Fsp3) is 0.960. The molecule has 13 heteroatoms. The lowest BCUT2D eigenvalue weighted by Gasteiger charge is -2.40. The number of unbranched alkanes of at least 4 members (excludes halogenated alkanes) is 2. The molecule has 0 aromatic carbocycles. The van der Waals surface area contributed by atoms with Crippen LogP contribution in [0.25, 0.3) is 0 Å². The number of rotatable bonds is 16. The maximum absolute atomic E-state index is 11.6. The van der Waals surface area contributed by atoms with E-state index in [9.17, 15) is 40.5 Å². The van der Waals surface area contributed by atoms with Gasteiger partial charge < -0.3 is 60.2 Å². The second-order valence-corrected chi connectivity index (χ2v) is 10.2. The number of hydrogen-bond donors (Lipinski definition) is 8. The summed E-state index contributed by atoms with van der Waals surface area (Å²) in [6, 6.07) is 0. The van der Waals surface area contributed by atoms with Crippen molar-refractivity contribution in [3.8, 4) is 0 Å². The molecule has 10 atom stereocenters. The third-order valence-electron chi connectivity index (χ3n) is 7.20. The third kappa shape index (κ3) is 9.89. The molecule has 0 aromatic heterocycles. The Balaban J connectivity index is 1.84. The predicted octanol–water partition coefficient (Wildman–Crippen LogP) is -2.55. The molecule has 8 N–H and O–H groups in total. The van der Waals surface area contributed by atoms with Gasteiger partial charge in [0.1, 0.15) is 42.7 Å². The van der Waals surface area contributed by atoms with Gasteiger partial charge in [0.2, 0.25) is 5.91 Å². The monoisotopic (exact) mass is 552 g/mol.